The van der Waals surface area contributed by atoms with Crippen molar-refractivity contribution in [2.24, 2.45) is 5.92 Å². The summed E-state index contributed by atoms with van der Waals surface area (Å²) in [6.07, 6.45) is 6.94. The summed E-state index contributed by atoms with van der Waals surface area (Å²) in [5, 5.41) is 3.46. The third-order valence-corrected chi connectivity index (χ3v) is 3.57. The number of hydrogen-bond acceptors (Lipinski definition) is 2. The number of allylic oxidation sites excluding steroid dienone is 1. The molecule has 2 nitrogen and oxygen atoms in total. The minimum atomic E-state index is 0.634. The maximum Gasteiger partial charge on any atom is 0.0373 e. The van der Waals surface area contributed by atoms with Gasteiger partial charge in [-0.15, -0.1) is 0 Å². The summed E-state index contributed by atoms with van der Waals surface area (Å²) in [5.74, 6) is 0.896. The first-order valence-electron chi connectivity index (χ1n) is 5.70. The van der Waals surface area contributed by atoms with Gasteiger partial charge in [-0.1, -0.05) is 12.1 Å². The van der Waals surface area contributed by atoms with Crippen LogP contribution in [-0.2, 0) is 0 Å². The summed E-state index contributed by atoms with van der Waals surface area (Å²) in [4.78, 5) is 4.36. The highest BCUT2D eigenvalue weighted by Crippen LogP contribution is 2.33. The van der Waals surface area contributed by atoms with Gasteiger partial charge >= 0.3 is 0 Å². The zero-order valence-corrected chi connectivity index (χ0v) is 9.03. The number of aryl methyl sites for hydroxylation is 1. The van der Waals surface area contributed by atoms with E-state index in [-0.39, 0.29) is 0 Å². The Bertz CT molecular complexity index is 392. The van der Waals surface area contributed by atoms with Crippen LogP contribution in [0.5, 0.6) is 0 Å². The highest BCUT2D eigenvalue weighted by molar-refractivity contribution is 5.66. The van der Waals surface area contributed by atoms with Gasteiger partial charge in [0.05, 0.1) is 0 Å². The van der Waals surface area contributed by atoms with E-state index in [9.17, 15) is 0 Å². The van der Waals surface area contributed by atoms with Gasteiger partial charge in [-0.25, -0.2) is 0 Å². The molecule has 0 amide bonds. The minimum Gasteiger partial charge on any atom is -0.310 e. The van der Waals surface area contributed by atoms with Crippen LogP contribution in [0.25, 0.3) is 5.57 Å². The quantitative estimate of drug-likeness (QED) is 0.751. The van der Waals surface area contributed by atoms with E-state index in [1.807, 2.05) is 13.1 Å². The van der Waals surface area contributed by atoms with E-state index in [2.05, 4.69) is 28.5 Å². The lowest BCUT2D eigenvalue weighted by molar-refractivity contribution is 0.256. The number of rotatable bonds is 1. The van der Waals surface area contributed by atoms with E-state index in [4.69, 9.17) is 0 Å². The van der Waals surface area contributed by atoms with Gasteiger partial charge in [0, 0.05) is 24.5 Å². The van der Waals surface area contributed by atoms with Gasteiger partial charge in [0.1, 0.15) is 0 Å². The van der Waals surface area contributed by atoms with Crippen molar-refractivity contribution in [1.29, 1.82) is 0 Å². The number of aromatic nitrogens is 1. The smallest absolute Gasteiger partial charge is 0.0373 e. The van der Waals surface area contributed by atoms with Crippen LogP contribution in [0.15, 0.2) is 24.4 Å². The van der Waals surface area contributed by atoms with Gasteiger partial charge in [0.25, 0.3) is 0 Å². The molecule has 1 fully saturated rings. The maximum absolute atomic E-state index is 4.36. The predicted molar refractivity (Wildman–Crippen MR) is 61.5 cm³/mol. The second-order valence-corrected chi connectivity index (χ2v) is 4.61. The van der Waals surface area contributed by atoms with Crippen LogP contribution in [-0.4, -0.2) is 17.6 Å². The molecule has 1 N–H and O–H groups in total. The summed E-state index contributed by atoms with van der Waals surface area (Å²) in [7, 11) is 0. The van der Waals surface area contributed by atoms with Crippen molar-refractivity contribution in [1.82, 2.24) is 10.3 Å². The average molecular weight is 200 g/mol. The molecule has 78 valence electrons. The first kappa shape index (κ1) is 9.10. The Balaban J connectivity index is 1.87. The van der Waals surface area contributed by atoms with Crippen molar-refractivity contribution in [3.05, 3.63) is 35.7 Å². The van der Waals surface area contributed by atoms with Crippen molar-refractivity contribution in [2.45, 2.75) is 25.8 Å². The molecule has 1 aliphatic heterocycles. The number of hydrogen-bond donors (Lipinski definition) is 1. The molecule has 15 heavy (non-hydrogen) atoms. The van der Waals surface area contributed by atoms with E-state index in [0.717, 1.165) is 11.6 Å². The summed E-state index contributed by atoms with van der Waals surface area (Å²) < 4.78 is 0. The minimum absolute atomic E-state index is 0.634. The van der Waals surface area contributed by atoms with Crippen molar-refractivity contribution in [3.8, 4) is 0 Å². The summed E-state index contributed by atoms with van der Waals surface area (Å²) >= 11 is 0. The van der Waals surface area contributed by atoms with Crippen LogP contribution in [0.4, 0.5) is 0 Å². The van der Waals surface area contributed by atoms with E-state index in [1.165, 1.54) is 30.5 Å². The second-order valence-electron chi connectivity index (χ2n) is 4.61. The fourth-order valence-electron chi connectivity index (χ4n) is 2.44. The van der Waals surface area contributed by atoms with Gasteiger partial charge in [-0.3, -0.25) is 4.98 Å². The van der Waals surface area contributed by atoms with Crippen molar-refractivity contribution < 1.29 is 0 Å². The molecule has 1 saturated heterocycles. The van der Waals surface area contributed by atoms with Gasteiger partial charge in [-0.05, 0) is 42.9 Å². The van der Waals surface area contributed by atoms with Gasteiger partial charge in [-0.2, -0.15) is 0 Å². The molecule has 1 aromatic heterocycles. The Labute approximate surface area is 90.4 Å². The van der Waals surface area contributed by atoms with Crippen LogP contribution in [0.3, 0.4) is 0 Å². The topological polar surface area (TPSA) is 24.9 Å². The largest absolute Gasteiger partial charge is 0.310 e. The predicted octanol–water partition coefficient (Wildman–Crippen LogP) is 2.16. The third-order valence-electron chi connectivity index (χ3n) is 3.57. The van der Waals surface area contributed by atoms with E-state index < -0.39 is 0 Å². The van der Waals surface area contributed by atoms with Crippen LogP contribution in [0, 0.1) is 12.8 Å². The lowest BCUT2D eigenvalue weighted by atomic mass is 9.79. The molecule has 3 rings (SSSR count). The van der Waals surface area contributed by atoms with Crippen molar-refractivity contribution >= 4 is 5.57 Å². The molecule has 0 spiro atoms. The monoisotopic (exact) mass is 200 g/mol. The molecule has 2 aliphatic rings. The Morgan fingerprint density at radius 3 is 2.93 bits per heavy atom. The number of nitrogens with zero attached hydrogens (tertiary/aromatic N) is 1. The summed E-state index contributed by atoms with van der Waals surface area (Å²) in [5.41, 5.74) is 3.86. The normalized spacial score (nSPS) is 29.0. The van der Waals surface area contributed by atoms with Gasteiger partial charge in [0.15, 0.2) is 0 Å². The van der Waals surface area contributed by atoms with Crippen LogP contribution < -0.4 is 5.32 Å². The lowest BCUT2D eigenvalue weighted by Crippen LogP contribution is -2.52. The molecule has 0 radical (unpaired) electrons. The molecular formula is C13H16N2. The molecular weight excluding hydrogens is 184 g/mol. The second kappa shape index (κ2) is 3.46. The first-order chi connectivity index (χ1) is 7.33. The molecule has 2 heteroatoms. The number of pyridine rings is 1. The zero-order valence-electron chi connectivity index (χ0n) is 9.03. The molecule has 0 aromatic carbocycles. The number of nitrogens with one attached hydrogen (secondary N) is 1. The molecule has 1 aromatic rings. The highest BCUT2D eigenvalue weighted by Gasteiger charge is 2.31. The van der Waals surface area contributed by atoms with Crippen LogP contribution >= 0.6 is 0 Å². The molecule has 0 saturated carbocycles. The first-order valence-corrected chi connectivity index (χ1v) is 5.70. The average Bonchev–Trinajstić information content (AvgIpc) is 2.22. The fourth-order valence-corrected chi connectivity index (χ4v) is 2.44. The Morgan fingerprint density at radius 2 is 2.33 bits per heavy atom. The van der Waals surface area contributed by atoms with Crippen molar-refractivity contribution in [2.75, 3.05) is 6.54 Å². The zero-order chi connectivity index (χ0) is 10.3. The third kappa shape index (κ3) is 1.59. The molecule has 0 bridgehead atoms. The Morgan fingerprint density at radius 1 is 1.40 bits per heavy atom. The van der Waals surface area contributed by atoms with Crippen LogP contribution in [0.2, 0.25) is 0 Å². The standard InChI is InChI=1S/C13H16N2/c1-9-2-3-11(7-14-9)10-4-5-12-8-15-13(12)6-10/h2-3,6-7,12-13,15H,4-5,8H2,1H3/t12-,13-/m1/s1. The maximum atomic E-state index is 4.36. The number of fused-ring (bicyclic) bond motifs is 1. The molecule has 2 atom stereocenters. The lowest BCUT2D eigenvalue weighted by Gasteiger charge is -2.40. The van der Waals surface area contributed by atoms with Gasteiger partial charge in [0.2, 0.25) is 0 Å². The van der Waals surface area contributed by atoms with Crippen molar-refractivity contribution in [3.63, 3.8) is 0 Å². The fraction of sp³-hybridized carbons (Fsp3) is 0.462. The summed E-state index contributed by atoms with van der Waals surface area (Å²) in [6.45, 7) is 3.24. The van der Waals surface area contributed by atoms with Crippen LogP contribution in [0.1, 0.15) is 24.1 Å². The molecule has 2 heterocycles. The highest BCUT2D eigenvalue weighted by atomic mass is 15.0. The SMILES string of the molecule is Cc1ccc(C2=C[C@H]3NC[C@H]3CC2)cn1. The Kier molecular flexibility index (Phi) is 2.10. The Hall–Kier alpha value is -1.15. The van der Waals surface area contributed by atoms with E-state index >= 15 is 0 Å². The molecule has 0 unspecified atom stereocenters. The summed E-state index contributed by atoms with van der Waals surface area (Å²) in [6, 6.07) is 4.92. The van der Waals surface area contributed by atoms with E-state index in [0.29, 0.717) is 6.04 Å². The molecule has 1 aliphatic carbocycles. The van der Waals surface area contributed by atoms with Gasteiger partial charge < -0.3 is 5.32 Å². The van der Waals surface area contributed by atoms with E-state index in [1.54, 1.807) is 0 Å².